The van der Waals surface area contributed by atoms with Crippen molar-refractivity contribution in [2.24, 2.45) is 4.40 Å². The maximum atomic E-state index is 11.9. The highest BCUT2D eigenvalue weighted by Crippen LogP contribution is 2.24. The third kappa shape index (κ3) is 2.48. The summed E-state index contributed by atoms with van der Waals surface area (Å²) in [5, 5.41) is 0. The van der Waals surface area contributed by atoms with Crippen LogP contribution in [-0.2, 0) is 10.0 Å². The van der Waals surface area contributed by atoms with E-state index in [-0.39, 0.29) is 10.7 Å². The second-order valence-corrected chi connectivity index (χ2v) is 5.80. The molecule has 8 heteroatoms. The number of carbonyl (C=O) groups excluding carboxylic acids is 1. The number of hydrazine groups is 1. The van der Waals surface area contributed by atoms with E-state index in [1.165, 1.54) is 30.6 Å². The number of benzene rings is 1. The Morgan fingerprint density at radius 2 is 1.76 bits per heavy atom. The van der Waals surface area contributed by atoms with Crippen LogP contribution in [0.2, 0.25) is 0 Å². The maximum absolute atomic E-state index is 11.9. The van der Waals surface area contributed by atoms with Gasteiger partial charge in [0.1, 0.15) is 4.90 Å². The minimum Gasteiger partial charge on any atom is -0.280 e. The molecule has 2 aromatic rings. The molecule has 1 aliphatic heterocycles. The zero-order chi connectivity index (χ0) is 14.9. The Labute approximate surface area is 120 Å². The fourth-order valence-corrected chi connectivity index (χ4v) is 3.06. The van der Waals surface area contributed by atoms with Gasteiger partial charge in [-0.15, -0.1) is 4.40 Å². The van der Waals surface area contributed by atoms with Gasteiger partial charge in [-0.25, -0.2) is 0 Å². The third-order valence-electron chi connectivity index (χ3n) is 2.87. The molecule has 1 aromatic heterocycles. The van der Waals surface area contributed by atoms with Crippen molar-refractivity contribution in [2.45, 2.75) is 4.90 Å². The van der Waals surface area contributed by atoms with Crippen LogP contribution in [-0.4, -0.2) is 25.1 Å². The fraction of sp³-hybridized carbons (Fsp3) is 0. The predicted molar refractivity (Wildman–Crippen MR) is 75.0 cm³/mol. The lowest BCUT2D eigenvalue weighted by Gasteiger charge is -2.08. The van der Waals surface area contributed by atoms with Crippen LogP contribution in [0.1, 0.15) is 15.9 Å². The molecule has 2 N–H and O–H groups in total. The van der Waals surface area contributed by atoms with Gasteiger partial charge in [0.25, 0.3) is 15.9 Å². The van der Waals surface area contributed by atoms with Gasteiger partial charge in [-0.1, -0.05) is 12.1 Å². The third-order valence-corrected chi connectivity index (χ3v) is 4.20. The van der Waals surface area contributed by atoms with Crippen molar-refractivity contribution in [3.05, 3.63) is 59.9 Å². The lowest BCUT2D eigenvalue weighted by atomic mass is 10.2. The predicted octanol–water partition coefficient (Wildman–Crippen LogP) is 0.465. The summed E-state index contributed by atoms with van der Waals surface area (Å²) in [6, 6.07) is 9.47. The van der Waals surface area contributed by atoms with Crippen LogP contribution in [0.15, 0.2) is 58.1 Å². The molecule has 0 atom stereocenters. The van der Waals surface area contributed by atoms with Crippen LogP contribution >= 0.6 is 0 Å². The first-order chi connectivity index (χ1) is 10.1. The lowest BCUT2D eigenvalue weighted by Crippen LogP contribution is -2.41. The summed E-state index contributed by atoms with van der Waals surface area (Å²) >= 11 is 0. The Morgan fingerprint density at radius 3 is 2.52 bits per heavy atom. The highest BCUT2D eigenvalue weighted by molar-refractivity contribution is 7.90. The van der Waals surface area contributed by atoms with E-state index in [1.807, 2.05) is 0 Å². The number of carbonyl (C=O) groups is 1. The number of sulfonamides is 1. The molecular formula is C13H10N4O3S. The summed E-state index contributed by atoms with van der Waals surface area (Å²) in [5.74, 6) is -0.324. The Kier molecular flexibility index (Phi) is 3.15. The van der Waals surface area contributed by atoms with Crippen LogP contribution < -0.4 is 10.9 Å². The van der Waals surface area contributed by atoms with Crippen molar-refractivity contribution >= 4 is 21.8 Å². The van der Waals surface area contributed by atoms with Gasteiger partial charge >= 0.3 is 0 Å². The second kappa shape index (κ2) is 4.98. The zero-order valence-corrected chi connectivity index (χ0v) is 11.5. The first-order valence-electron chi connectivity index (χ1n) is 5.99. The molecule has 0 fully saturated rings. The molecular weight excluding hydrogens is 292 g/mol. The van der Waals surface area contributed by atoms with E-state index in [9.17, 15) is 13.2 Å². The van der Waals surface area contributed by atoms with Crippen molar-refractivity contribution in [2.75, 3.05) is 0 Å². The number of amidine groups is 1. The number of nitrogens with one attached hydrogen (secondary N) is 2. The summed E-state index contributed by atoms with van der Waals surface area (Å²) in [6.45, 7) is 0. The summed E-state index contributed by atoms with van der Waals surface area (Å²) in [6.07, 6.45) is 2.98. The Bertz CT molecular complexity index is 832. The van der Waals surface area contributed by atoms with Crippen molar-refractivity contribution in [1.82, 2.24) is 15.8 Å². The molecule has 21 heavy (non-hydrogen) atoms. The van der Waals surface area contributed by atoms with E-state index in [1.54, 1.807) is 18.2 Å². The van der Waals surface area contributed by atoms with Gasteiger partial charge in [0, 0.05) is 23.5 Å². The first kappa shape index (κ1) is 13.3. The Morgan fingerprint density at radius 1 is 1.05 bits per heavy atom. The van der Waals surface area contributed by atoms with Crippen LogP contribution in [0.3, 0.4) is 0 Å². The summed E-state index contributed by atoms with van der Waals surface area (Å²) in [7, 11) is -3.70. The van der Waals surface area contributed by atoms with Crippen LogP contribution in [0.5, 0.6) is 0 Å². The quantitative estimate of drug-likeness (QED) is 0.746. The Balaban J connectivity index is 1.80. The SMILES string of the molecule is O=C(NNC1=NS(=O)(=O)c2ccccc21)c1ccncc1. The molecule has 0 unspecified atom stereocenters. The molecule has 1 amide bonds. The minimum atomic E-state index is -3.70. The topological polar surface area (TPSA) is 101 Å². The van der Waals surface area contributed by atoms with E-state index in [2.05, 4.69) is 20.2 Å². The van der Waals surface area contributed by atoms with E-state index in [0.29, 0.717) is 11.1 Å². The number of hydrogen-bond donors (Lipinski definition) is 2. The normalized spacial score (nSPS) is 15.0. The standard InChI is InChI=1S/C13H10N4O3S/c18-13(9-5-7-14-8-6-9)16-15-12-10-3-1-2-4-11(10)21(19,20)17-12/h1-8H,(H,15,17)(H,16,18). The van der Waals surface area contributed by atoms with Crippen molar-refractivity contribution in [3.8, 4) is 0 Å². The molecule has 106 valence electrons. The number of rotatable bonds is 1. The molecule has 0 spiro atoms. The number of fused-ring (bicyclic) bond motifs is 1. The maximum Gasteiger partial charge on any atom is 0.285 e. The smallest absolute Gasteiger partial charge is 0.280 e. The molecule has 0 aliphatic carbocycles. The molecule has 7 nitrogen and oxygen atoms in total. The summed E-state index contributed by atoms with van der Waals surface area (Å²) < 4.78 is 27.3. The molecule has 1 aliphatic rings. The molecule has 3 rings (SSSR count). The van der Waals surface area contributed by atoms with Crippen molar-refractivity contribution < 1.29 is 13.2 Å². The van der Waals surface area contributed by atoms with Gasteiger partial charge in [0.05, 0.1) is 0 Å². The monoisotopic (exact) mass is 302 g/mol. The summed E-state index contributed by atoms with van der Waals surface area (Å²) in [4.78, 5) is 15.8. The van der Waals surface area contributed by atoms with Gasteiger partial charge in [0.2, 0.25) is 0 Å². The number of hydrogen-bond acceptors (Lipinski definition) is 5. The summed E-state index contributed by atoms with van der Waals surface area (Å²) in [5.41, 5.74) is 5.77. The average Bonchev–Trinajstić information content (AvgIpc) is 2.77. The number of aromatic nitrogens is 1. The van der Waals surface area contributed by atoms with Crippen molar-refractivity contribution in [1.29, 1.82) is 0 Å². The lowest BCUT2D eigenvalue weighted by molar-refractivity contribution is 0.0944. The highest BCUT2D eigenvalue weighted by atomic mass is 32.2. The largest absolute Gasteiger partial charge is 0.285 e. The van der Waals surface area contributed by atoms with E-state index >= 15 is 0 Å². The number of nitrogens with zero attached hydrogens (tertiary/aromatic N) is 2. The first-order valence-corrected chi connectivity index (χ1v) is 7.43. The molecule has 0 saturated heterocycles. The average molecular weight is 302 g/mol. The van der Waals surface area contributed by atoms with Gasteiger partial charge in [0.15, 0.2) is 5.84 Å². The molecule has 0 radical (unpaired) electrons. The van der Waals surface area contributed by atoms with Gasteiger partial charge < -0.3 is 0 Å². The van der Waals surface area contributed by atoms with Crippen LogP contribution in [0, 0.1) is 0 Å². The molecule has 2 heterocycles. The zero-order valence-electron chi connectivity index (χ0n) is 10.6. The van der Waals surface area contributed by atoms with Crippen molar-refractivity contribution in [3.63, 3.8) is 0 Å². The molecule has 1 aromatic carbocycles. The van der Waals surface area contributed by atoms with Gasteiger partial charge in [-0.3, -0.25) is 20.6 Å². The van der Waals surface area contributed by atoms with Gasteiger partial charge in [-0.05, 0) is 24.3 Å². The molecule has 0 saturated carbocycles. The van der Waals surface area contributed by atoms with Crippen LogP contribution in [0.25, 0.3) is 0 Å². The minimum absolute atomic E-state index is 0.0907. The van der Waals surface area contributed by atoms with Gasteiger partial charge in [-0.2, -0.15) is 8.42 Å². The second-order valence-electron chi connectivity index (χ2n) is 4.23. The van der Waals surface area contributed by atoms with E-state index < -0.39 is 15.9 Å². The Hall–Kier alpha value is -2.74. The fourth-order valence-electron chi connectivity index (χ4n) is 1.89. The van der Waals surface area contributed by atoms with Crippen LogP contribution in [0.4, 0.5) is 0 Å². The highest BCUT2D eigenvalue weighted by Gasteiger charge is 2.28. The number of amides is 1. The molecule has 0 bridgehead atoms. The number of pyridine rings is 1. The van der Waals surface area contributed by atoms with E-state index in [0.717, 1.165) is 0 Å². The van der Waals surface area contributed by atoms with E-state index in [4.69, 9.17) is 0 Å².